The maximum absolute atomic E-state index is 6.63. The first-order chi connectivity index (χ1) is 42.0. The van der Waals surface area contributed by atoms with E-state index in [1.54, 1.807) is 0 Å². The SMILES string of the molecule is CC.CC1(C)OB(c2cc(-c3ccc4c5ccccc5c5ccccc5c4c3)cc(-n3c4ccccc4c4ccccc43)c2)OC1(C)C.Cc1cc(-c2ccc3c4ccccc4c4ccccc4c3c2)cc(-n2c3ccccc3c3ccccc32)c1. The first-order valence-electron chi connectivity index (χ1n) is 30.3. The molecule has 0 saturated carbocycles. The zero-order valence-electron chi connectivity index (χ0n) is 49.7. The number of hydrogen-bond acceptors (Lipinski definition) is 2. The minimum absolute atomic E-state index is 0.441. The van der Waals surface area contributed by atoms with E-state index in [9.17, 15) is 0 Å². The van der Waals surface area contributed by atoms with Crippen molar-refractivity contribution in [3.8, 4) is 33.6 Å². The lowest BCUT2D eigenvalue weighted by Gasteiger charge is -2.32. The van der Waals surface area contributed by atoms with E-state index in [1.165, 1.54) is 131 Å². The van der Waals surface area contributed by atoms with Crippen LogP contribution < -0.4 is 5.46 Å². The molecule has 0 atom stereocenters. The highest BCUT2D eigenvalue weighted by atomic mass is 16.7. The Labute approximate surface area is 502 Å². The molecular formula is C81H65BN2O2. The Kier molecular flexibility index (Phi) is 12.8. The lowest BCUT2D eigenvalue weighted by molar-refractivity contribution is 0.00578. The highest BCUT2D eigenvalue weighted by Crippen LogP contribution is 2.43. The van der Waals surface area contributed by atoms with Crippen LogP contribution >= 0.6 is 0 Å². The average Bonchev–Trinajstić information content (AvgIpc) is 1.29. The van der Waals surface area contributed by atoms with Gasteiger partial charge < -0.3 is 18.4 Å². The van der Waals surface area contributed by atoms with Crippen LogP contribution in [0.5, 0.6) is 0 Å². The molecule has 0 amide bonds. The number of aryl methyl sites for hydroxylation is 1. The molecule has 1 aliphatic rings. The number of benzene rings is 14. The van der Waals surface area contributed by atoms with E-state index in [-0.39, 0.29) is 0 Å². The zero-order chi connectivity index (χ0) is 58.4. The monoisotopic (exact) mass is 1110 g/mol. The van der Waals surface area contributed by atoms with Crippen LogP contribution in [0.1, 0.15) is 47.1 Å². The van der Waals surface area contributed by atoms with E-state index in [4.69, 9.17) is 9.31 Å². The highest BCUT2D eigenvalue weighted by molar-refractivity contribution is 6.62. The molecule has 1 fully saturated rings. The minimum Gasteiger partial charge on any atom is -0.399 e. The normalized spacial score (nSPS) is 13.8. The van der Waals surface area contributed by atoms with Gasteiger partial charge >= 0.3 is 7.12 Å². The van der Waals surface area contributed by atoms with Crippen molar-refractivity contribution in [2.24, 2.45) is 0 Å². The molecule has 1 aliphatic heterocycles. The van der Waals surface area contributed by atoms with Gasteiger partial charge in [0.15, 0.2) is 0 Å². The molecule has 0 aliphatic carbocycles. The molecule has 414 valence electrons. The molecule has 0 bridgehead atoms. The van der Waals surface area contributed by atoms with Gasteiger partial charge in [-0.15, -0.1) is 0 Å². The Morgan fingerprint density at radius 3 is 0.895 bits per heavy atom. The van der Waals surface area contributed by atoms with Crippen molar-refractivity contribution in [1.29, 1.82) is 0 Å². The Balaban J connectivity index is 0.000000144. The molecule has 17 rings (SSSR count). The number of rotatable bonds is 5. The Bertz CT molecular complexity index is 5180. The fourth-order valence-electron chi connectivity index (χ4n) is 13.7. The second-order valence-electron chi connectivity index (χ2n) is 23.9. The molecule has 16 aromatic rings. The van der Waals surface area contributed by atoms with Crippen LogP contribution in [-0.4, -0.2) is 27.5 Å². The predicted molar refractivity (Wildman–Crippen MR) is 369 cm³/mol. The van der Waals surface area contributed by atoms with Gasteiger partial charge in [-0.25, -0.2) is 0 Å². The third-order valence-corrected chi connectivity index (χ3v) is 18.4. The average molecular weight is 1110 g/mol. The van der Waals surface area contributed by atoms with Crippen LogP contribution in [0.2, 0.25) is 0 Å². The van der Waals surface area contributed by atoms with Crippen molar-refractivity contribution >= 4 is 121 Å². The van der Waals surface area contributed by atoms with Gasteiger partial charge in [0, 0.05) is 32.9 Å². The van der Waals surface area contributed by atoms with Crippen molar-refractivity contribution in [1.82, 2.24) is 9.13 Å². The van der Waals surface area contributed by atoms with Gasteiger partial charge in [-0.1, -0.05) is 220 Å². The van der Waals surface area contributed by atoms with E-state index in [1.807, 2.05) is 13.8 Å². The van der Waals surface area contributed by atoms with Crippen LogP contribution in [-0.2, 0) is 9.31 Å². The quantitative estimate of drug-likeness (QED) is 0.127. The molecule has 1 saturated heterocycles. The van der Waals surface area contributed by atoms with Crippen molar-refractivity contribution in [3.05, 3.63) is 272 Å². The first-order valence-corrected chi connectivity index (χ1v) is 30.3. The molecule has 4 nitrogen and oxygen atoms in total. The fourth-order valence-corrected chi connectivity index (χ4v) is 13.7. The van der Waals surface area contributed by atoms with Crippen LogP contribution in [0, 0.1) is 6.92 Å². The van der Waals surface area contributed by atoms with Gasteiger partial charge in [-0.2, -0.15) is 0 Å². The molecule has 0 radical (unpaired) electrons. The summed E-state index contributed by atoms with van der Waals surface area (Å²) in [6, 6.07) is 97.5. The number of fused-ring (bicyclic) bond motifs is 18. The highest BCUT2D eigenvalue weighted by Gasteiger charge is 2.52. The molecule has 0 N–H and O–H groups in total. The molecule has 0 spiro atoms. The topological polar surface area (TPSA) is 28.3 Å². The third kappa shape index (κ3) is 8.59. The van der Waals surface area contributed by atoms with Gasteiger partial charge in [0.05, 0.1) is 33.3 Å². The first kappa shape index (κ1) is 53.0. The Hall–Kier alpha value is -9.78. The van der Waals surface area contributed by atoms with Crippen LogP contribution in [0.25, 0.3) is 142 Å². The largest absolute Gasteiger partial charge is 0.494 e. The Morgan fingerprint density at radius 1 is 0.267 bits per heavy atom. The van der Waals surface area contributed by atoms with Crippen molar-refractivity contribution in [2.45, 2.75) is 59.7 Å². The van der Waals surface area contributed by atoms with Gasteiger partial charge in [-0.05, 0) is 193 Å². The predicted octanol–water partition coefficient (Wildman–Crippen LogP) is 21.5. The Morgan fingerprint density at radius 2 is 0.547 bits per heavy atom. The molecular weight excluding hydrogens is 1040 g/mol. The number of hydrogen-bond donors (Lipinski definition) is 0. The van der Waals surface area contributed by atoms with E-state index in [0.29, 0.717) is 0 Å². The lowest BCUT2D eigenvalue weighted by atomic mass is 9.77. The molecule has 2 aromatic heterocycles. The van der Waals surface area contributed by atoms with Crippen LogP contribution in [0.15, 0.2) is 267 Å². The summed E-state index contributed by atoms with van der Waals surface area (Å²) >= 11 is 0. The summed E-state index contributed by atoms with van der Waals surface area (Å²) in [7, 11) is -0.484. The molecule has 14 aromatic carbocycles. The fraction of sp³-hybridized carbons (Fsp3) is 0.111. The number of nitrogens with zero attached hydrogens (tertiary/aromatic N) is 2. The molecule has 3 heterocycles. The molecule has 0 unspecified atom stereocenters. The van der Waals surface area contributed by atoms with Crippen molar-refractivity contribution in [2.75, 3.05) is 0 Å². The van der Waals surface area contributed by atoms with E-state index >= 15 is 0 Å². The molecule has 86 heavy (non-hydrogen) atoms. The van der Waals surface area contributed by atoms with E-state index in [0.717, 1.165) is 22.3 Å². The molecule has 5 heteroatoms. The van der Waals surface area contributed by atoms with Crippen LogP contribution in [0.3, 0.4) is 0 Å². The number of aromatic nitrogens is 2. The third-order valence-electron chi connectivity index (χ3n) is 18.4. The summed E-state index contributed by atoms with van der Waals surface area (Å²) in [4.78, 5) is 0. The maximum Gasteiger partial charge on any atom is 0.494 e. The van der Waals surface area contributed by atoms with Gasteiger partial charge in [0.1, 0.15) is 0 Å². The van der Waals surface area contributed by atoms with E-state index < -0.39 is 18.3 Å². The van der Waals surface area contributed by atoms with Gasteiger partial charge in [0.25, 0.3) is 0 Å². The lowest BCUT2D eigenvalue weighted by Crippen LogP contribution is -2.41. The summed E-state index contributed by atoms with van der Waals surface area (Å²) in [5, 5.41) is 20.5. The summed E-state index contributed by atoms with van der Waals surface area (Å²) in [6.45, 7) is 14.7. The summed E-state index contributed by atoms with van der Waals surface area (Å²) in [6.07, 6.45) is 0. The van der Waals surface area contributed by atoms with Gasteiger partial charge in [-0.3, -0.25) is 0 Å². The summed E-state index contributed by atoms with van der Waals surface area (Å²) in [5.74, 6) is 0. The van der Waals surface area contributed by atoms with Crippen LogP contribution in [0.4, 0.5) is 0 Å². The second kappa shape index (κ2) is 20.8. The van der Waals surface area contributed by atoms with E-state index in [2.05, 4.69) is 311 Å². The standard InChI is InChI=1S/C42H34BNO2.C37H25N.C2H6/c1-41(2)42(3,4)46-43(45-41)29-23-28(24-30(26-29)44-39-19-11-9-17-36(39)37-18-10-12-20-40(37)44)27-21-22-35-33-15-6-5-13-31(33)32-14-7-8-16-34(32)38(35)25-27;1-24-20-26(22-27(21-24)38-36-16-8-6-14-33(36)34-15-7-9-17-37(34)38)25-18-19-32-30-12-3-2-10-28(30)29-11-4-5-13-31(29)35(32)23-25;1-2/h5-26H,1-4H3;2-23H,1H3;1-2H3. The van der Waals surface area contributed by atoms with Gasteiger partial charge in [0.2, 0.25) is 0 Å². The second-order valence-corrected chi connectivity index (χ2v) is 23.9. The minimum atomic E-state index is -0.484. The summed E-state index contributed by atoms with van der Waals surface area (Å²) in [5.41, 5.74) is 13.3. The zero-order valence-corrected chi connectivity index (χ0v) is 49.7. The smallest absolute Gasteiger partial charge is 0.399 e. The maximum atomic E-state index is 6.63. The van der Waals surface area contributed by atoms with Crippen molar-refractivity contribution < 1.29 is 9.31 Å². The summed E-state index contributed by atoms with van der Waals surface area (Å²) < 4.78 is 18.1. The number of para-hydroxylation sites is 4. The van der Waals surface area contributed by atoms with Crippen molar-refractivity contribution in [3.63, 3.8) is 0 Å².